The molecule has 0 saturated carbocycles. The summed E-state index contributed by atoms with van der Waals surface area (Å²) in [7, 11) is 0. The molecule has 0 spiro atoms. The van der Waals surface area contributed by atoms with E-state index in [1.165, 1.54) is 25.5 Å². The zero-order chi connectivity index (χ0) is 11.3. The molecule has 1 aromatic heterocycles. The predicted octanol–water partition coefficient (Wildman–Crippen LogP) is 0.859. The SMILES string of the molecule is CCOC(=O)C(C)C(=O)c1cnccn1. The lowest BCUT2D eigenvalue weighted by Gasteiger charge is -2.08. The lowest BCUT2D eigenvalue weighted by Crippen LogP contribution is -2.24. The molecular weight excluding hydrogens is 196 g/mol. The van der Waals surface area contributed by atoms with Gasteiger partial charge in [0.25, 0.3) is 0 Å². The van der Waals surface area contributed by atoms with E-state index in [4.69, 9.17) is 4.74 Å². The lowest BCUT2D eigenvalue weighted by molar-refractivity contribution is -0.145. The molecule has 5 heteroatoms. The van der Waals surface area contributed by atoms with Gasteiger partial charge in [0, 0.05) is 12.4 Å². The molecule has 0 aromatic carbocycles. The van der Waals surface area contributed by atoms with E-state index in [0.717, 1.165) is 0 Å². The third-order valence-electron chi connectivity index (χ3n) is 1.85. The molecule has 0 aliphatic rings. The fraction of sp³-hybridized carbons (Fsp3) is 0.400. The van der Waals surface area contributed by atoms with Crippen molar-refractivity contribution in [3.05, 3.63) is 24.3 Å². The number of nitrogens with zero attached hydrogens (tertiary/aromatic N) is 2. The molecule has 1 atom stereocenters. The second kappa shape index (κ2) is 5.19. The van der Waals surface area contributed by atoms with Crippen molar-refractivity contribution in [3.8, 4) is 0 Å². The van der Waals surface area contributed by atoms with Gasteiger partial charge in [0.05, 0.1) is 12.8 Å². The third kappa shape index (κ3) is 2.83. The summed E-state index contributed by atoms with van der Waals surface area (Å²) >= 11 is 0. The summed E-state index contributed by atoms with van der Waals surface area (Å²) in [6, 6.07) is 0. The maximum atomic E-state index is 11.7. The smallest absolute Gasteiger partial charge is 0.316 e. The van der Waals surface area contributed by atoms with Crippen LogP contribution in [0.15, 0.2) is 18.6 Å². The van der Waals surface area contributed by atoms with Gasteiger partial charge in [0.1, 0.15) is 11.6 Å². The minimum absolute atomic E-state index is 0.179. The molecule has 1 unspecified atom stereocenters. The van der Waals surface area contributed by atoms with Crippen molar-refractivity contribution in [1.82, 2.24) is 9.97 Å². The van der Waals surface area contributed by atoms with Crippen LogP contribution < -0.4 is 0 Å². The summed E-state index contributed by atoms with van der Waals surface area (Å²) in [6.45, 7) is 3.45. The Hall–Kier alpha value is -1.78. The summed E-state index contributed by atoms with van der Waals surface area (Å²) in [5.74, 6) is -1.74. The predicted molar refractivity (Wildman–Crippen MR) is 52.2 cm³/mol. The molecule has 0 N–H and O–H groups in total. The number of carbonyl (C=O) groups excluding carboxylic acids is 2. The van der Waals surface area contributed by atoms with E-state index in [9.17, 15) is 9.59 Å². The monoisotopic (exact) mass is 208 g/mol. The Morgan fingerprint density at radius 3 is 2.73 bits per heavy atom. The number of ether oxygens (including phenoxy) is 1. The zero-order valence-electron chi connectivity index (χ0n) is 8.64. The largest absolute Gasteiger partial charge is 0.465 e. The zero-order valence-corrected chi connectivity index (χ0v) is 8.64. The highest BCUT2D eigenvalue weighted by Gasteiger charge is 2.24. The normalized spacial score (nSPS) is 11.9. The highest BCUT2D eigenvalue weighted by atomic mass is 16.5. The second-order valence-corrected chi connectivity index (χ2v) is 2.93. The van der Waals surface area contributed by atoms with E-state index in [2.05, 4.69) is 9.97 Å². The molecule has 0 saturated heterocycles. The number of rotatable bonds is 4. The Morgan fingerprint density at radius 2 is 2.20 bits per heavy atom. The van der Waals surface area contributed by atoms with Crippen molar-refractivity contribution in [1.29, 1.82) is 0 Å². The van der Waals surface area contributed by atoms with Crippen LogP contribution in [-0.4, -0.2) is 28.3 Å². The summed E-state index contributed by atoms with van der Waals surface area (Å²) in [4.78, 5) is 30.5. The van der Waals surface area contributed by atoms with E-state index in [1.54, 1.807) is 6.92 Å². The maximum absolute atomic E-state index is 11.7. The highest BCUT2D eigenvalue weighted by molar-refractivity contribution is 6.07. The Morgan fingerprint density at radius 1 is 1.47 bits per heavy atom. The number of Topliss-reactive ketones (excluding diaryl/α,β-unsaturated/α-hetero) is 1. The topological polar surface area (TPSA) is 69.2 Å². The van der Waals surface area contributed by atoms with Crippen LogP contribution in [-0.2, 0) is 9.53 Å². The van der Waals surface area contributed by atoms with Gasteiger partial charge in [-0.05, 0) is 13.8 Å². The van der Waals surface area contributed by atoms with E-state index < -0.39 is 11.9 Å². The first-order chi connectivity index (χ1) is 7.16. The molecule has 0 fully saturated rings. The van der Waals surface area contributed by atoms with Crippen molar-refractivity contribution in [2.24, 2.45) is 5.92 Å². The van der Waals surface area contributed by atoms with Gasteiger partial charge in [-0.15, -0.1) is 0 Å². The minimum atomic E-state index is -0.832. The van der Waals surface area contributed by atoms with Gasteiger partial charge in [-0.2, -0.15) is 0 Å². The summed E-state index contributed by atoms with van der Waals surface area (Å²) < 4.78 is 4.74. The number of hydrogen-bond acceptors (Lipinski definition) is 5. The number of carbonyl (C=O) groups is 2. The van der Waals surface area contributed by atoms with Crippen LogP contribution in [0.5, 0.6) is 0 Å². The molecule has 0 aliphatic carbocycles. The Balaban J connectivity index is 2.73. The van der Waals surface area contributed by atoms with Crippen LogP contribution in [0, 0.1) is 5.92 Å². The molecular formula is C10H12N2O3. The van der Waals surface area contributed by atoms with Gasteiger partial charge >= 0.3 is 5.97 Å². The number of ketones is 1. The highest BCUT2D eigenvalue weighted by Crippen LogP contribution is 2.06. The van der Waals surface area contributed by atoms with Crippen molar-refractivity contribution >= 4 is 11.8 Å². The van der Waals surface area contributed by atoms with E-state index >= 15 is 0 Å². The molecule has 0 bridgehead atoms. The molecule has 0 amide bonds. The van der Waals surface area contributed by atoms with Gasteiger partial charge < -0.3 is 4.74 Å². The van der Waals surface area contributed by atoms with Crippen molar-refractivity contribution in [2.45, 2.75) is 13.8 Å². The molecule has 15 heavy (non-hydrogen) atoms. The molecule has 0 aliphatic heterocycles. The van der Waals surface area contributed by atoms with Crippen molar-refractivity contribution in [2.75, 3.05) is 6.61 Å². The van der Waals surface area contributed by atoms with Crippen molar-refractivity contribution < 1.29 is 14.3 Å². The van der Waals surface area contributed by atoms with E-state index in [0.29, 0.717) is 0 Å². The number of hydrogen-bond donors (Lipinski definition) is 0. The molecule has 1 heterocycles. The molecule has 5 nitrogen and oxygen atoms in total. The lowest BCUT2D eigenvalue weighted by atomic mass is 10.0. The Bertz CT molecular complexity index is 351. The Labute approximate surface area is 87.5 Å². The molecule has 80 valence electrons. The average molecular weight is 208 g/mol. The third-order valence-corrected chi connectivity index (χ3v) is 1.85. The summed E-state index contributed by atoms with van der Waals surface area (Å²) in [5, 5.41) is 0. The quantitative estimate of drug-likeness (QED) is 0.417. The van der Waals surface area contributed by atoms with Crippen molar-refractivity contribution in [3.63, 3.8) is 0 Å². The summed E-state index contributed by atoms with van der Waals surface area (Å²) in [6.07, 6.45) is 4.20. The standard InChI is InChI=1S/C10H12N2O3/c1-3-15-10(14)7(2)9(13)8-6-11-4-5-12-8/h4-7H,3H2,1-2H3. The van der Waals surface area contributed by atoms with Crippen LogP contribution in [0.3, 0.4) is 0 Å². The van der Waals surface area contributed by atoms with Crippen LogP contribution in [0.25, 0.3) is 0 Å². The van der Waals surface area contributed by atoms with Crippen LogP contribution in [0.1, 0.15) is 24.3 Å². The fourth-order valence-corrected chi connectivity index (χ4v) is 1.02. The van der Waals surface area contributed by atoms with Gasteiger partial charge in [0.2, 0.25) is 0 Å². The van der Waals surface area contributed by atoms with Crippen LogP contribution in [0.2, 0.25) is 0 Å². The number of esters is 1. The number of aromatic nitrogens is 2. The first-order valence-corrected chi connectivity index (χ1v) is 4.63. The van der Waals surface area contributed by atoms with E-state index in [-0.39, 0.29) is 18.1 Å². The second-order valence-electron chi connectivity index (χ2n) is 2.93. The van der Waals surface area contributed by atoms with Gasteiger partial charge in [-0.1, -0.05) is 0 Å². The molecule has 0 radical (unpaired) electrons. The molecule has 1 aromatic rings. The Kier molecular flexibility index (Phi) is 3.91. The average Bonchev–Trinajstić information content (AvgIpc) is 2.28. The first-order valence-electron chi connectivity index (χ1n) is 4.63. The van der Waals surface area contributed by atoms with Gasteiger partial charge in [-0.3, -0.25) is 14.6 Å². The van der Waals surface area contributed by atoms with Gasteiger partial charge in [-0.25, -0.2) is 4.98 Å². The summed E-state index contributed by atoms with van der Waals surface area (Å²) in [5.41, 5.74) is 0.179. The van der Waals surface area contributed by atoms with Crippen LogP contribution in [0.4, 0.5) is 0 Å². The molecule has 1 rings (SSSR count). The fourth-order valence-electron chi connectivity index (χ4n) is 1.02. The maximum Gasteiger partial charge on any atom is 0.316 e. The van der Waals surface area contributed by atoms with E-state index in [1.807, 2.05) is 0 Å². The van der Waals surface area contributed by atoms with Crippen LogP contribution >= 0.6 is 0 Å². The minimum Gasteiger partial charge on any atom is -0.465 e. The van der Waals surface area contributed by atoms with Gasteiger partial charge in [0.15, 0.2) is 5.78 Å². The first kappa shape index (κ1) is 11.3.